The van der Waals surface area contributed by atoms with Crippen LogP contribution in [0.4, 0.5) is 5.69 Å². The lowest BCUT2D eigenvalue weighted by Crippen LogP contribution is -2.48. The van der Waals surface area contributed by atoms with Gasteiger partial charge in [-0.15, -0.1) is 0 Å². The number of pyridine rings is 1. The Bertz CT molecular complexity index is 586. The van der Waals surface area contributed by atoms with Crippen LogP contribution in [0.5, 0.6) is 0 Å². The summed E-state index contributed by atoms with van der Waals surface area (Å²) in [7, 11) is -3.12. The molecule has 1 aromatic rings. The molecule has 0 spiro atoms. The van der Waals surface area contributed by atoms with E-state index in [1.54, 1.807) is 30.9 Å². The molecule has 2 heterocycles. The van der Waals surface area contributed by atoms with Crippen molar-refractivity contribution < 1.29 is 8.42 Å². The molecular weight excluding hydrogens is 314 g/mol. The lowest BCUT2D eigenvalue weighted by molar-refractivity contribution is 0.579. The number of sulfone groups is 1. The van der Waals surface area contributed by atoms with Gasteiger partial charge in [-0.1, -0.05) is 19.1 Å². The van der Waals surface area contributed by atoms with Gasteiger partial charge in [0.25, 0.3) is 0 Å². The molecule has 5 nitrogen and oxygen atoms in total. The van der Waals surface area contributed by atoms with E-state index in [2.05, 4.69) is 4.98 Å². The normalized spacial score (nSPS) is 19.9. The first-order chi connectivity index (χ1) is 9.45. The second kappa shape index (κ2) is 6.28. The number of hydrogen-bond donors (Lipinski definition) is 1. The van der Waals surface area contributed by atoms with Gasteiger partial charge in [0.2, 0.25) is 0 Å². The highest BCUT2D eigenvalue weighted by Gasteiger charge is 2.33. The second-order valence-corrected chi connectivity index (χ2v) is 8.48. The predicted molar refractivity (Wildman–Crippen MR) is 88.0 cm³/mol. The first kappa shape index (κ1) is 15.5. The van der Waals surface area contributed by atoms with Crippen LogP contribution in [0.1, 0.15) is 12.6 Å². The fraction of sp³-hybridized carbons (Fsp3) is 0.500. The van der Waals surface area contributed by atoms with Crippen LogP contribution < -0.4 is 10.6 Å². The summed E-state index contributed by atoms with van der Waals surface area (Å²) in [4.78, 5) is 6.33. The van der Waals surface area contributed by atoms with E-state index in [0.29, 0.717) is 18.0 Å². The third-order valence-electron chi connectivity index (χ3n) is 3.23. The van der Waals surface area contributed by atoms with Crippen LogP contribution in [0.2, 0.25) is 0 Å². The van der Waals surface area contributed by atoms with Crippen molar-refractivity contribution in [2.24, 2.45) is 5.73 Å². The van der Waals surface area contributed by atoms with Crippen molar-refractivity contribution in [3.63, 3.8) is 0 Å². The Hall–Kier alpha value is -0.860. The fourth-order valence-corrected chi connectivity index (χ4v) is 5.18. The smallest absolute Gasteiger partial charge is 0.171 e. The molecule has 1 aliphatic rings. The quantitative estimate of drug-likeness (QED) is 0.826. The minimum Gasteiger partial charge on any atom is -0.388 e. The summed E-state index contributed by atoms with van der Waals surface area (Å²) in [5, 5.41) is -0.483. The molecule has 0 saturated carbocycles. The summed E-state index contributed by atoms with van der Waals surface area (Å²) in [5.74, 6) is 1.65. The molecule has 1 saturated heterocycles. The van der Waals surface area contributed by atoms with E-state index in [-0.39, 0.29) is 10.7 Å². The molecule has 1 aromatic heterocycles. The van der Waals surface area contributed by atoms with E-state index >= 15 is 0 Å². The predicted octanol–water partition coefficient (Wildman–Crippen LogP) is 1.03. The van der Waals surface area contributed by atoms with E-state index in [0.717, 1.165) is 11.4 Å². The first-order valence-electron chi connectivity index (χ1n) is 6.27. The van der Waals surface area contributed by atoms with Crippen molar-refractivity contribution in [1.29, 1.82) is 0 Å². The number of nitrogens with two attached hydrogens (primary N) is 1. The van der Waals surface area contributed by atoms with Gasteiger partial charge in [0, 0.05) is 23.8 Å². The third-order valence-corrected chi connectivity index (χ3v) is 6.73. The van der Waals surface area contributed by atoms with Gasteiger partial charge in [0.05, 0.1) is 17.6 Å². The third kappa shape index (κ3) is 3.24. The van der Waals surface area contributed by atoms with Crippen LogP contribution in [-0.2, 0) is 9.84 Å². The summed E-state index contributed by atoms with van der Waals surface area (Å²) >= 11 is 6.54. The Morgan fingerprint density at radius 2 is 2.35 bits per heavy atom. The van der Waals surface area contributed by atoms with Crippen LogP contribution in [-0.4, -0.2) is 47.6 Å². The summed E-state index contributed by atoms with van der Waals surface area (Å²) in [5.41, 5.74) is 6.86. The average molecular weight is 331 g/mol. The molecule has 0 amide bonds. The Kier molecular flexibility index (Phi) is 4.87. The molecule has 1 aliphatic heterocycles. The second-order valence-electron chi connectivity index (χ2n) is 4.44. The van der Waals surface area contributed by atoms with E-state index in [1.165, 1.54) is 0 Å². The maximum atomic E-state index is 12.2. The summed E-state index contributed by atoms with van der Waals surface area (Å²) in [6, 6.07) is 3.56. The maximum Gasteiger partial charge on any atom is 0.171 e. The van der Waals surface area contributed by atoms with Crippen molar-refractivity contribution in [2.45, 2.75) is 12.3 Å². The highest BCUT2D eigenvalue weighted by molar-refractivity contribution is 8.01. The van der Waals surface area contributed by atoms with Crippen molar-refractivity contribution in [3.8, 4) is 0 Å². The lowest BCUT2D eigenvalue weighted by atomic mass is 10.3. The van der Waals surface area contributed by atoms with Crippen LogP contribution in [0, 0.1) is 0 Å². The highest BCUT2D eigenvalue weighted by atomic mass is 32.2. The maximum absolute atomic E-state index is 12.2. The van der Waals surface area contributed by atoms with Crippen LogP contribution in [0.3, 0.4) is 0 Å². The zero-order valence-electron chi connectivity index (χ0n) is 11.2. The molecule has 1 atom stereocenters. The summed E-state index contributed by atoms with van der Waals surface area (Å²) in [6.07, 6.45) is 1.64. The zero-order valence-corrected chi connectivity index (χ0v) is 13.6. The molecule has 0 aliphatic carbocycles. The van der Waals surface area contributed by atoms with E-state index < -0.39 is 15.2 Å². The number of nitrogens with zero attached hydrogens (tertiary/aromatic N) is 2. The fourth-order valence-electron chi connectivity index (χ4n) is 2.07. The molecule has 0 bridgehead atoms. The minimum absolute atomic E-state index is 0.146. The SMILES string of the molecule is CCS(=O)(=O)C1CSCCN1c1ccc(C(N)=S)nc1. The molecule has 2 N–H and O–H groups in total. The van der Waals surface area contributed by atoms with Crippen LogP contribution in [0.15, 0.2) is 18.3 Å². The van der Waals surface area contributed by atoms with Gasteiger partial charge in [0.1, 0.15) is 10.4 Å². The Morgan fingerprint density at radius 3 is 2.90 bits per heavy atom. The van der Waals surface area contributed by atoms with Gasteiger partial charge in [0.15, 0.2) is 9.84 Å². The molecule has 0 aromatic carbocycles. The van der Waals surface area contributed by atoms with Gasteiger partial charge in [-0.2, -0.15) is 11.8 Å². The molecule has 8 heteroatoms. The number of thiocarbonyl (C=S) groups is 1. The first-order valence-corrected chi connectivity index (χ1v) is 9.55. The van der Waals surface area contributed by atoms with Gasteiger partial charge < -0.3 is 10.6 Å². The number of anilines is 1. The topological polar surface area (TPSA) is 76.3 Å². The molecule has 1 unspecified atom stereocenters. The van der Waals surface area contributed by atoms with Crippen molar-refractivity contribution >= 4 is 44.5 Å². The van der Waals surface area contributed by atoms with Gasteiger partial charge in [-0.25, -0.2) is 8.42 Å². The molecule has 20 heavy (non-hydrogen) atoms. The molecule has 110 valence electrons. The van der Waals surface area contributed by atoms with Gasteiger partial charge in [-0.3, -0.25) is 4.98 Å². The van der Waals surface area contributed by atoms with Crippen LogP contribution in [0.25, 0.3) is 0 Å². The zero-order chi connectivity index (χ0) is 14.8. The molecule has 2 rings (SSSR count). The van der Waals surface area contributed by atoms with Crippen molar-refractivity contribution in [3.05, 3.63) is 24.0 Å². The van der Waals surface area contributed by atoms with Gasteiger partial charge in [-0.05, 0) is 12.1 Å². The monoisotopic (exact) mass is 331 g/mol. The Balaban J connectivity index is 2.30. The van der Waals surface area contributed by atoms with Crippen molar-refractivity contribution in [1.82, 2.24) is 4.98 Å². The Morgan fingerprint density at radius 1 is 1.60 bits per heavy atom. The number of aromatic nitrogens is 1. The van der Waals surface area contributed by atoms with Gasteiger partial charge >= 0.3 is 0 Å². The number of rotatable bonds is 4. The lowest BCUT2D eigenvalue weighted by Gasteiger charge is -2.36. The number of thioether (sulfide) groups is 1. The van der Waals surface area contributed by atoms with E-state index in [9.17, 15) is 8.42 Å². The highest BCUT2D eigenvalue weighted by Crippen LogP contribution is 2.27. The Labute approximate surface area is 128 Å². The summed E-state index contributed by atoms with van der Waals surface area (Å²) < 4.78 is 24.4. The summed E-state index contributed by atoms with van der Waals surface area (Å²) in [6.45, 7) is 2.38. The molecular formula is C12H17N3O2S3. The van der Waals surface area contributed by atoms with Crippen molar-refractivity contribution in [2.75, 3.05) is 28.7 Å². The average Bonchev–Trinajstić information content (AvgIpc) is 2.47. The molecule has 1 fully saturated rings. The standard InChI is InChI=1S/C12H17N3O2S3/c1-2-20(16,17)11-8-19-6-5-15(11)9-3-4-10(12(13)18)14-7-9/h3-4,7,11H,2,5-6,8H2,1H3,(H2,13,18). The molecule has 0 radical (unpaired) electrons. The van der Waals surface area contributed by atoms with E-state index in [4.69, 9.17) is 18.0 Å². The van der Waals surface area contributed by atoms with Crippen LogP contribution >= 0.6 is 24.0 Å². The largest absolute Gasteiger partial charge is 0.388 e. The van der Waals surface area contributed by atoms with E-state index in [1.807, 2.05) is 11.0 Å². The minimum atomic E-state index is -3.12. The number of hydrogen-bond acceptors (Lipinski definition) is 6.